The van der Waals surface area contributed by atoms with Gasteiger partial charge in [0.15, 0.2) is 4.90 Å². The highest BCUT2D eigenvalue weighted by Crippen LogP contribution is 2.36. The number of benzene rings is 1. The van der Waals surface area contributed by atoms with Gasteiger partial charge in [0.2, 0.25) is 5.88 Å². The number of nitrogens with one attached hydrogen (secondary N) is 1. The zero-order valence-corrected chi connectivity index (χ0v) is 11.1. The van der Waals surface area contributed by atoms with Gasteiger partial charge < -0.3 is 9.72 Å². The van der Waals surface area contributed by atoms with Crippen molar-refractivity contribution in [3.63, 3.8) is 0 Å². The molecule has 1 fully saturated rings. The molecular formula is C12H12ClNO3S. The molecule has 18 heavy (non-hydrogen) atoms. The van der Waals surface area contributed by atoms with Crippen molar-refractivity contribution in [3.8, 4) is 5.88 Å². The number of fused-ring (bicyclic) bond motifs is 1. The maximum atomic E-state index is 11.7. The molecule has 1 aliphatic carbocycles. The second-order valence-corrected chi connectivity index (χ2v) is 7.02. The van der Waals surface area contributed by atoms with Gasteiger partial charge in [-0.15, -0.1) is 0 Å². The molecule has 6 heteroatoms. The Balaban J connectivity index is 2.10. The Morgan fingerprint density at radius 2 is 2.06 bits per heavy atom. The highest BCUT2D eigenvalue weighted by atomic mass is 35.7. The Morgan fingerprint density at radius 3 is 2.72 bits per heavy atom. The maximum Gasteiger partial charge on any atom is 0.267 e. The van der Waals surface area contributed by atoms with E-state index in [9.17, 15) is 8.42 Å². The minimum absolute atomic E-state index is 0.0421. The first-order chi connectivity index (χ1) is 8.55. The van der Waals surface area contributed by atoms with Gasteiger partial charge in [-0.05, 0) is 24.8 Å². The molecule has 1 aromatic carbocycles. The van der Waals surface area contributed by atoms with E-state index in [0.717, 1.165) is 12.8 Å². The van der Waals surface area contributed by atoms with Gasteiger partial charge in [-0.1, -0.05) is 18.2 Å². The van der Waals surface area contributed by atoms with Gasteiger partial charge in [0, 0.05) is 21.6 Å². The van der Waals surface area contributed by atoms with Crippen LogP contribution in [0.15, 0.2) is 29.2 Å². The van der Waals surface area contributed by atoms with Crippen LogP contribution < -0.4 is 4.74 Å². The van der Waals surface area contributed by atoms with Gasteiger partial charge in [0.25, 0.3) is 9.05 Å². The van der Waals surface area contributed by atoms with Gasteiger partial charge >= 0.3 is 0 Å². The summed E-state index contributed by atoms with van der Waals surface area (Å²) in [5.41, 5.74) is 0.711. The molecule has 3 rings (SSSR count). The molecule has 2 aromatic rings. The first-order valence-electron chi connectivity index (χ1n) is 5.74. The van der Waals surface area contributed by atoms with Crippen molar-refractivity contribution in [2.45, 2.75) is 17.7 Å². The Kier molecular flexibility index (Phi) is 2.75. The Hall–Kier alpha value is -1.20. The number of hydrogen-bond donors (Lipinski definition) is 1. The predicted molar refractivity (Wildman–Crippen MR) is 69.6 cm³/mol. The normalized spacial score (nSPS) is 16.1. The van der Waals surface area contributed by atoms with Crippen LogP contribution in [0, 0.1) is 5.92 Å². The number of halogens is 1. The van der Waals surface area contributed by atoms with E-state index in [1.807, 2.05) is 6.07 Å². The van der Waals surface area contributed by atoms with E-state index in [-0.39, 0.29) is 10.8 Å². The molecular weight excluding hydrogens is 274 g/mol. The van der Waals surface area contributed by atoms with E-state index < -0.39 is 9.05 Å². The summed E-state index contributed by atoms with van der Waals surface area (Å²) < 4.78 is 28.9. The molecule has 0 spiro atoms. The molecule has 1 N–H and O–H groups in total. The van der Waals surface area contributed by atoms with Crippen molar-refractivity contribution in [1.82, 2.24) is 4.98 Å². The average molecular weight is 286 g/mol. The van der Waals surface area contributed by atoms with Crippen LogP contribution in [-0.2, 0) is 9.05 Å². The number of ether oxygens (including phenoxy) is 1. The quantitative estimate of drug-likeness (QED) is 0.879. The third-order valence-electron chi connectivity index (χ3n) is 3.03. The third-order valence-corrected chi connectivity index (χ3v) is 4.39. The molecule has 1 saturated carbocycles. The molecule has 0 bridgehead atoms. The van der Waals surface area contributed by atoms with E-state index in [1.54, 1.807) is 18.2 Å². The van der Waals surface area contributed by atoms with Crippen molar-refractivity contribution < 1.29 is 13.2 Å². The molecule has 1 aromatic heterocycles. The minimum Gasteiger partial charge on any atom is -0.478 e. The molecule has 0 aliphatic heterocycles. The van der Waals surface area contributed by atoms with Crippen LogP contribution in [0.1, 0.15) is 12.8 Å². The van der Waals surface area contributed by atoms with E-state index in [2.05, 4.69) is 4.98 Å². The first-order valence-corrected chi connectivity index (χ1v) is 8.05. The average Bonchev–Trinajstić information content (AvgIpc) is 3.04. The summed E-state index contributed by atoms with van der Waals surface area (Å²) in [4.78, 5) is 3.01. The van der Waals surface area contributed by atoms with Crippen LogP contribution in [0.2, 0.25) is 0 Å². The third kappa shape index (κ3) is 2.20. The van der Waals surface area contributed by atoms with Crippen LogP contribution in [0.25, 0.3) is 10.9 Å². The Labute approximate surface area is 109 Å². The lowest BCUT2D eigenvalue weighted by atomic mass is 10.2. The van der Waals surface area contributed by atoms with Gasteiger partial charge in [-0.3, -0.25) is 0 Å². The second-order valence-electron chi connectivity index (χ2n) is 4.52. The van der Waals surface area contributed by atoms with Crippen molar-refractivity contribution >= 4 is 30.6 Å². The van der Waals surface area contributed by atoms with Crippen molar-refractivity contribution in [2.75, 3.05) is 6.61 Å². The summed E-state index contributed by atoms with van der Waals surface area (Å²) in [5, 5.41) is 0.568. The molecule has 0 saturated heterocycles. The topological polar surface area (TPSA) is 59.2 Å². The lowest BCUT2D eigenvalue weighted by Gasteiger charge is -2.04. The monoisotopic (exact) mass is 285 g/mol. The smallest absolute Gasteiger partial charge is 0.267 e. The van der Waals surface area contributed by atoms with Gasteiger partial charge in [-0.2, -0.15) is 0 Å². The van der Waals surface area contributed by atoms with E-state index in [0.29, 0.717) is 23.4 Å². The zero-order chi connectivity index (χ0) is 12.8. The number of aromatic amines is 1. The molecule has 1 aliphatic rings. The molecule has 0 unspecified atom stereocenters. The Morgan fingerprint density at radius 1 is 1.33 bits per heavy atom. The van der Waals surface area contributed by atoms with Crippen molar-refractivity contribution in [3.05, 3.63) is 24.3 Å². The maximum absolute atomic E-state index is 11.7. The van der Waals surface area contributed by atoms with Crippen LogP contribution in [0.4, 0.5) is 0 Å². The number of rotatable bonds is 4. The second kappa shape index (κ2) is 4.17. The standard InChI is InChI=1S/C12H12ClNO3S/c13-18(15,16)11-9-3-1-2-4-10(9)14-12(11)17-7-8-5-6-8/h1-4,8,14H,5-7H2. The molecule has 96 valence electrons. The highest BCUT2D eigenvalue weighted by molar-refractivity contribution is 8.14. The van der Waals surface area contributed by atoms with Crippen molar-refractivity contribution in [2.24, 2.45) is 5.92 Å². The summed E-state index contributed by atoms with van der Waals surface area (Å²) in [7, 11) is 1.66. The van der Waals surface area contributed by atoms with Crippen LogP contribution >= 0.6 is 10.7 Å². The fraction of sp³-hybridized carbons (Fsp3) is 0.333. The van der Waals surface area contributed by atoms with E-state index in [1.165, 1.54) is 0 Å². The molecule has 0 atom stereocenters. The molecule has 4 nitrogen and oxygen atoms in total. The number of para-hydroxylation sites is 1. The van der Waals surface area contributed by atoms with E-state index in [4.69, 9.17) is 15.4 Å². The van der Waals surface area contributed by atoms with Crippen molar-refractivity contribution in [1.29, 1.82) is 0 Å². The molecule has 0 radical (unpaired) electrons. The van der Waals surface area contributed by atoms with Crippen LogP contribution in [-0.4, -0.2) is 20.0 Å². The highest BCUT2D eigenvalue weighted by Gasteiger charge is 2.27. The Bertz CT molecular complexity index is 688. The fourth-order valence-corrected chi connectivity index (χ4v) is 3.15. The molecule has 1 heterocycles. The van der Waals surface area contributed by atoms with Crippen LogP contribution in [0.5, 0.6) is 5.88 Å². The van der Waals surface area contributed by atoms with Gasteiger partial charge in [0.05, 0.1) is 6.61 Å². The lowest BCUT2D eigenvalue weighted by molar-refractivity contribution is 0.284. The van der Waals surface area contributed by atoms with Crippen LogP contribution in [0.3, 0.4) is 0 Å². The first kappa shape index (κ1) is 11.9. The zero-order valence-electron chi connectivity index (χ0n) is 9.52. The lowest BCUT2D eigenvalue weighted by Crippen LogP contribution is -2.02. The van der Waals surface area contributed by atoms with E-state index >= 15 is 0 Å². The number of H-pyrrole nitrogens is 1. The summed E-state index contributed by atoms with van der Waals surface area (Å²) >= 11 is 0. The summed E-state index contributed by atoms with van der Waals surface area (Å²) in [5.74, 6) is 0.792. The largest absolute Gasteiger partial charge is 0.478 e. The summed E-state index contributed by atoms with van der Waals surface area (Å²) in [6.07, 6.45) is 2.28. The summed E-state index contributed by atoms with van der Waals surface area (Å²) in [6, 6.07) is 7.11. The molecule has 0 amide bonds. The SMILES string of the molecule is O=S(=O)(Cl)c1c(OCC2CC2)[nH]c2ccccc12. The number of hydrogen-bond acceptors (Lipinski definition) is 3. The summed E-state index contributed by atoms with van der Waals surface area (Å²) in [6.45, 7) is 0.534. The van der Waals surface area contributed by atoms with Gasteiger partial charge in [0.1, 0.15) is 0 Å². The minimum atomic E-state index is -3.83. The fourth-order valence-electron chi connectivity index (χ4n) is 1.92. The predicted octanol–water partition coefficient (Wildman–Crippen LogP) is 2.88. The van der Waals surface area contributed by atoms with Gasteiger partial charge in [-0.25, -0.2) is 8.42 Å². The number of aromatic nitrogens is 1.